The van der Waals surface area contributed by atoms with Crippen molar-refractivity contribution >= 4 is 26.0 Å². The van der Waals surface area contributed by atoms with Crippen molar-refractivity contribution < 1.29 is 17.3 Å². The van der Waals surface area contributed by atoms with E-state index in [1.54, 1.807) is 30.3 Å². The number of methoxy groups -OCH3 is 1. The molecule has 0 saturated carbocycles. The van der Waals surface area contributed by atoms with E-state index in [-0.39, 0.29) is 10.6 Å². The van der Waals surface area contributed by atoms with Crippen molar-refractivity contribution in [3.05, 3.63) is 53.6 Å². The van der Waals surface area contributed by atoms with Crippen LogP contribution in [0.5, 0.6) is 11.5 Å². The van der Waals surface area contributed by atoms with Crippen molar-refractivity contribution in [2.24, 2.45) is 0 Å². The zero-order valence-corrected chi connectivity index (χ0v) is 14.1. The monoisotopic (exact) mass is 370 g/mol. The summed E-state index contributed by atoms with van der Waals surface area (Å²) in [4.78, 5) is 0.111. The Morgan fingerprint density at radius 3 is 2.29 bits per heavy atom. The number of aryl methyl sites for hydroxylation is 1. The van der Waals surface area contributed by atoms with Crippen LogP contribution >= 0.6 is 15.9 Å². The Labute approximate surface area is 133 Å². The third-order valence-corrected chi connectivity index (χ3v) is 4.79. The molecule has 4 nitrogen and oxygen atoms in total. The Morgan fingerprint density at radius 1 is 1.05 bits per heavy atom. The Bertz CT molecular complexity index is 724. The normalized spacial score (nSPS) is 11.2. The number of halogens is 1. The van der Waals surface area contributed by atoms with Crippen molar-refractivity contribution in [2.45, 2.75) is 17.1 Å². The largest absolute Gasteiger partial charge is 0.493 e. The van der Waals surface area contributed by atoms with Crippen molar-refractivity contribution in [1.29, 1.82) is 0 Å². The molecule has 6 heteroatoms. The standard InChI is InChI=1S/C15H15BrO4S/c1-11-3-6-13(7-4-11)21(17,18)20-14-8-5-12(10-16)9-15(14)19-2/h3-9H,10H2,1-2H3. The second kappa shape index (κ2) is 6.49. The van der Waals surface area contributed by atoms with Crippen LogP contribution in [-0.2, 0) is 15.4 Å². The lowest BCUT2D eigenvalue weighted by atomic mass is 10.2. The Hall–Kier alpha value is -1.53. The molecule has 2 aromatic rings. The number of rotatable bonds is 5. The Balaban J connectivity index is 2.34. The first kappa shape index (κ1) is 15.9. The highest BCUT2D eigenvalue weighted by Gasteiger charge is 2.19. The van der Waals surface area contributed by atoms with Crippen LogP contribution in [0.3, 0.4) is 0 Å². The smallest absolute Gasteiger partial charge is 0.339 e. The van der Waals surface area contributed by atoms with Crippen LogP contribution < -0.4 is 8.92 Å². The highest BCUT2D eigenvalue weighted by Crippen LogP contribution is 2.31. The minimum Gasteiger partial charge on any atom is -0.493 e. The first-order valence-corrected chi connectivity index (χ1v) is 8.73. The molecular formula is C15H15BrO4S. The summed E-state index contributed by atoms with van der Waals surface area (Å²) in [5, 5.41) is 0.647. The second-order valence-electron chi connectivity index (χ2n) is 4.47. The lowest BCUT2D eigenvalue weighted by Crippen LogP contribution is -2.10. The highest BCUT2D eigenvalue weighted by atomic mass is 79.9. The average molecular weight is 371 g/mol. The van der Waals surface area contributed by atoms with Gasteiger partial charge in [-0.05, 0) is 36.8 Å². The predicted octanol–water partition coefficient (Wildman–Crippen LogP) is 3.67. The third-order valence-electron chi connectivity index (χ3n) is 2.89. The molecule has 0 aliphatic rings. The molecule has 0 saturated heterocycles. The van der Waals surface area contributed by atoms with Crippen molar-refractivity contribution in [1.82, 2.24) is 0 Å². The predicted molar refractivity (Wildman–Crippen MR) is 84.6 cm³/mol. The Kier molecular flexibility index (Phi) is 4.90. The van der Waals surface area contributed by atoms with Crippen molar-refractivity contribution in [2.75, 3.05) is 7.11 Å². The molecule has 0 fully saturated rings. The molecule has 112 valence electrons. The molecule has 2 rings (SSSR count). The van der Waals surface area contributed by atoms with Gasteiger partial charge < -0.3 is 8.92 Å². The zero-order valence-electron chi connectivity index (χ0n) is 11.7. The van der Waals surface area contributed by atoms with Crippen LogP contribution in [0, 0.1) is 6.92 Å². The van der Waals surface area contributed by atoms with Gasteiger partial charge in [0.25, 0.3) is 0 Å². The number of alkyl halides is 1. The van der Waals surface area contributed by atoms with Crippen LogP contribution in [-0.4, -0.2) is 15.5 Å². The average Bonchev–Trinajstić information content (AvgIpc) is 2.47. The number of hydrogen-bond acceptors (Lipinski definition) is 4. The molecule has 0 spiro atoms. The maximum atomic E-state index is 12.2. The maximum absolute atomic E-state index is 12.2. The van der Waals surface area contributed by atoms with Crippen LogP contribution in [0.1, 0.15) is 11.1 Å². The summed E-state index contributed by atoms with van der Waals surface area (Å²) in [5.74, 6) is 0.547. The lowest BCUT2D eigenvalue weighted by molar-refractivity contribution is 0.390. The second-order valence-corrected chi connectivity index (χ2v) is 6.58. The fourth-order valence-corrected chi connectivity index (χ4v) is 3.02. The first-order valence-electron chi connectivity index (χ1n) is 6.20. The summed E-state index contributed by atoms with van der Waals surface area (Å²) >= 11 is 3.34. The van der Waals surface area contributed by atoms with Gasteiger partial charge in [-0.15, -0.1) is 0 Å². The Morgan fingerprint density at radius 2 is 1.71 bits per heavy atom. The van der Waals surface area contributed by atoms with E-state index in [1.165, 1.54) is 19.2 Å². The topological polar surface area (TPSA) is 52.6 Å². The van der Waals surface area contributed by atoms with Gasteiger partial charge in [-0.25, -0.2) is 0 Å². The van der Waals surface area contributed by atoms with Gasteiger partial charge >= 0.3 is 10.1 Å². The van der Waals surface area contributed by atoms with E-state index >= 15 is 0 Å². The molecule has 0 heterocycles. The van der Waals surface area contributed by atoms with E-state index in [9.17, 15) is 8.42 Å². The van der Waals surface area contributed by atoms with E-state index in [4.69, 9.17) is 8.92 Å². The van der Waals surface area contributed by atoms with Gasteiger partial charge in [0.15, 0.2) is 11.5 Å². The SMILES string of the molecule is COc1cc(CBr)ccc1OS(=O)(=O)c1ccc(C)cc1. The van der Waals surface area contributed by atoms with Crippen LogP contribution in [0.25, 0.3) is 0 Å². The molecule has 2 aromatic carbocycles. The molecule has 0 aliphatic carbocycles. The number of hydrogen-bond donors (Lipinski definition) is 0. The van der Waals surface area contributed by atoms with Gasteiger partial charge in [0.2, 0.25) is 0 Å². The van der Waals surface area contributed by atoms with Gasteiger partial charge in [0.05, 0.1) is 7.11 Å². The van der Waals surface area contributed by atoms with E-state index in [1.807, 2.05) is 6.92 Å². The van der Waals surface area contributed by atoms with Crippen molar-refractivity contribution in [3.63, 3.8) is 0 Å². The number of ether oxygens (including phenoxy) is 1. The maximum Gasteiger partial charge on any atom is 0.339 e. The minimum absolute atomic E-state index is 0.111. The zero-order chi connectivity index (χ0) is 15.5. The minimum atomic E-state index is -3.87. The van der Waals surface area contributed by atoms with Crippen LogP contribution in [0.4, 0.5) is 0 Å². The molecule has 0 atom stereocenters. The summed E-state index contributed by atoms with van der Waals surface area (Å²) in [7, 11) is -2.40. The third kappa shape index (κ3) is 3.77. The fraction of sp³-hybridized carbons (Fsp3) is 0.200. The van der Waals surface area contributed by atoms with E-state index in [0.717, 1.165) is 11.1 Å². The summed E-state index contributed by atoms with van der Waals surface area (Å²) < 4.78 is 34.9. The van der Waals surface area contributed by atoms with Gasteiger partial charge in [-0.3, -0.25) is 0 Å². The van der Waals surface area contributed by atoms with Crippen molar-refractivity contribution in [3.8, 4) is 11.5 Å². The molecule has 0 N–H and O–H groups in total. The summed E-state index contributed by atoms with van der Waals surface area (Å²) in [5.41, 5.74) is 1.94. The lowest BCUT2D eigenvalue weighted by Gasteiger charge is -2.11. The molecule has 0 radical (unpaired) electrons. The molecule has 21 heavy (non-hydrogen) atoms. The van der Waals surface area contributed by atoms with Gasteiger partial charge in [-0.1, -0.05) is 39.7 Å². The van der Waals surface area contributed by atoms with Gasteiger partial charge in [0, 0.05) is 5.33 Å². The summed E-state index contributed by atoms with van der Waals surface area (Å²) in [6.07, 6.45) is 0. The molecule has 0 aliphatic heterocycles. The van der Waals surface area contributed by atoms with E-state index in [2.05, 4.69) is 15.9 Å². The van der Waals surface area contributed by atoms with E-state index in [0.29, 0.717) is 11.1 Å². The summed E-state index contributed by atoms with van der Waals surface area (Å²) in [6, 6.07) is 11.6. The molecule has 0 aromatic heterocycles. The first-order chi connectivity index (χ1) is 9.96. The highest BCUT2D eigenvalue weighted by molar-refractivity contribution is 9.08. The van der Waals surface area contributed by atoms with Gasteiger partial charge in [-0.2, -0.15) is 8.42 Å². The van der Waals surface area contributed by atoms with Gasteiger partial charge in [0.1, 0.15) is 4.90 Å². The fourth-order valence-electron chi connectivity index (χ4n) is 1.74. The molecule has 0 amide bonds. The van der Waals surface area contributed by atoms with Crippen LogP contribution in [0.15, 0.2) is 47.4 Å². The van der Waals surface area contributed by atoms with Crippen LogP contribution in [0.2, 0.25) is 0 Å². The quantitative estimate of drug-likeness (QED) is 0.595. The molecule has 0 unspecified atom stereocenters. The molecular weight excluding hydrogens is 356 g/mol. The number of benzene rings is 2. The van der Waals surface area contributed by atoms with E-state index < -0.39 is 10.1 Å². The summed E-state index contributed by atoms with van der Waals surface area (Å²) in [6.45, 7) is 1.89. The molecule has 0 bridgehead atoms.